The lowest BCUT2D eigenvalue weighted by Crippen LogP contribution is -2.46. The largest absolute Gasteiger partial charge is 0.374 e. The summed E-state index contributed by atoms with van der Waals surface area (Å²) in [4.78, 5) is 13.9. The molecule has 2 rings (SSSR count). The average Bonchev–Trinajstić information content (AvgIpc) is 2.38. The van der Waals surface area contributed by atoms with Crippen LogP contribution in [-0.4, -0.2) is 41.9 Å². The summed E-state index contributed by atoms with van der Waals surface area (Å²) in [5.41, 5.74) is 0.327. The minimum Gasteiger partial charge on any atom is -0.374 e. The van der Waals surface area contributed by atoms with Gasteiger partial charge in [0.05, 0.1) is 23.3 Å². The zero-order valence-corrected chi connectivity index (χ0v) is 11.9. The van der Waals surface area contributed by atoms with E-state index in [1.165, 1.54) is 12.1 Å². The van der Waals surface area contributed by atoms with Crippen LogP contribution in [0.5, 0.6) is 0 Å². The van der Waals surface area contributed by atoms with Crippen molar-refractivity contribution in [3.05, 3.63) is 34.6 Å². The molecule has 0 spiro atoms. The summed E-state index contributed by atoms with van der Waals surface area (Å²) in [5.74, 6) is -0.633. The van der Waals surface area contributed by atoms with E-state index in [0.29, 0.717) is 30.6 Å². The van der Waals surface area contributed by atoms with Gasteiger partial charge in [0.2, 0.25) is 0 Å². The molecular weight excluding hydrogens is 324 g/mol. The molecule has 6 heteroatoms. The first-order chi connectivity index (χ1) is 8.61. The number of benzene rings is 1. The first-order valence-electron chi connectivity index (χ1n) is 5.53. The molecule has 0 aliphatic carbocycles. The van der Waals surface area contributed by atoms with Gasteiger partial charge < -0.3 is 9.64 Å². The van der Waals surface area contributed by atoms with Gasteiger partial charge in [-0.2, -0.15) is 0 Å². The third kappa shape index (κ3) is 3.02. The molecule has 98 valence electrons. The van der Waals surface area contributed by atoms with Crippen molar-refractivity contribution >= 4 is 33.4 Å². The number of hydrogen-bond acceptors (Lipinski definition) is 2. The Bertz CT molecular complexity index is 458. The van der Waals surface area contributed by atoms with Gasteiger partial charge >= 0.3 is 0 Å². The van der Waals surface area contributed by atoms with E-state index in [4.69, 9.17) is 16.3 Å². The van der Waals surface area contributed by atoms with E-state index in [-0.39, 0.29) is 17.0 Å². The fourth-order valence-corrected chi connectivity index (χ4v) is 2.47. The van der Waals surface area contributed by atoms with Crippen LogP contribution in [0.25, 0.3) is 0 Å². The predicted molar refractivity (Wildman–Crippen MR) is 70.8 cm³/mol. The van der Waals surface area contributed by atoms with Gasteiger partial charge in [0.15, 0.2) is 0 Å². The molecule has 18 heavy (non-hydrogen) atoms. The fraction of sp³-hybridized carbons (Fsp3) is 0.417. The Morgan fingerprint density at radius 1 is 1.61 bits per heavy atom. The van der Waals surface area contributed by atoms with Crippen molar-refractivity contribution in [3.8, 4) is 0 Å². The van der Waals surface area contributed by atoms with Gasteiger partial charge in [-0.3, -0.25) is 4.79 Å². The number of halogens is 3. The van der Waals surface area contributed by atoms with Crippen LogP contribution >= 0.6 is 27.5 Å². The second-order valence-electron chi connectivity index (χ2n) is 4.02. The van der Waals surface area contributed by atoms with E-state index < -0.39 is 5.82 Å². The number of nitrogens with zero attached hydrogens (tertiary/aromatic N) is 1. The summed E-state index contributed by atoms with van der Waals surface area (Å²) < 4.78 is 18.4. The average molecular weight is 337 g/mol. The van der Waals surface area contributed by atoms with Gasteiger partial charge in [-0.15, -0.1) is 0 Å². The summed E-state index contributed by atoms with van der Waals surface area (Å²) in [6, 6.07) is 3.80. The van der Waals surface area contributed by atoms with Crippen molar-refractivity contribution < 1.29 is 13.9 Å². The van der Waals surface area contributed by atoms with Gasteiger partial charge in [0, 0.05) is 18.4 Å². The van der Waals surface area contributed by atoms with Gasteiger partial charge in [-0.25, -0.2) is 4.39 Å². The van der Waals surface area contributed by atoms with E-state index in [1.54, 1.807) is 4.90 Å². The maximum atomic E-state index is 12.9. The van der Waals surface area contributed by atoms with Gasteiger partial charge in [0.25, 0.3) is 5.91 Å². The second kappa shape index (κ2) is 5.99. The first kappa shape index (κ1) is 13.8. The Kier molecular flexibility index (Phi) is 4.59. The Labute approximate surface area is 118 Å². The Hall–Kier alpha value is -0.650. The number of alkyl halides is 1. The number of ether oxygens (including phenoxy) is 1. The quantitative estimate of drug-likeness (QED) is 0.777. The van der Waals surface area contributed by atoms with E-state index >= 15 is 0 Å². The predicted octanol–water partition coefficient (Wildman–Crippen LogP) is 2.72. The zero-order valence-electron chi connectivity index (χ0n) is 9.54. The molecule has 1 atom stereocenters. The molecule has 0 bridgehead atoms. The molecular formula is C12H12BrClFNO2. The second-order valence-corrected chi connectivity index (χ2v) is 5.08. The van der Waals surface area contributed by atoms with Crippen LogP contribution in [-0.2, 0) is 4.74 Å². The highest BCUT2D eigenvalue weighted by molar-refractivity contribution is 9.09. The molecule has 1 fully saturated rings. The van der Waals surface area contributed by atoms with Crippen LogP contribution < -0.4 is 0 Å². The highest BCUT2D eigenvalue weighted by atomic mass is 79.9. The third-order valence-corrected chi connectivity index (χ3v) is 3.79. The van der Waals surface area contributed by atoms with Crippen molar-refractivity contribution in [1.82, 2.24) is 4.90 Å². The number of carbonyl (C=O) groups is 1. The highest BCUT2D eigenvalue weighted by Crippen LogP contribution is 2.20. The topological polar surface area (TPSA) is 29.5 Å². The Morgan fingerprint density at radius 2 is 2.39 bits per heavy atom. The van der Waals surface area contributed by atoms with Crippen molar-refractivity contribution in [2.24, 2.45) is 0 Å². The zero-order chi connectivity index (χ0) is 13.1. The van der Waals surface area contributed by atoms with Crippen LogP contribution in [0.2, 0.25) is 5.02 Å². The monoisotopic (exact) mass is 335 g/mol. The molecule has 1 amide bonds. The number of amides is 1. The van der Waals surface area contributed by atoms with Crippen molar-refractivity contribution in [2.75, 3.05) is 25.0 Å². The Morgan fingerprint density at radius 3 is 3.06 bits per heavy atom. The van der Waals surface area contributed by atoms with Crippen molar-refractivity contribution in [2.45, 2.75) is 6.10 Å². The van der Waals surface area contributed by atoms with Crippen LogP contribution in [0.4, 0.5) is 4.39 Å². The molecule has 1 unspecified atom stereocenters. The summed E-state index contributed by atoms with van der Waals surface area (Å²) >= 11 is 9.22. The lowest BCUT2D eigenvalue weighted by Gasteiger charge is -2.32. The summed E-state index contributed by atoms with van der Waals surface area (Å²) in [5, 5.41) is 0.815. The number of carbonyl (C=O) groups excluding carboxylic acids is 1. The minimum absolute atomic E-state index is 0.0121. The van der Waals surface area contributed by atoms with Crippen molar-refractivity contribution in [3.63, 3.8) is 0 Å². The van der Waals surface area contributed by atoms with E-state index in [0.717, 1.165) is 6.07 Å². The fourth-order valence-electron chi connectivity index (χ4n) is 1.83. The standard InChI is InChI=1S/C12H12BrClFNO2/c13-6-9-7-16(3-4-18-9)12(17)10-2-1-8(15)5-11(10)14/h1-2,5,9H,3-4,6-7H2. The summed E-state index contributed by atoms with van der Waals surface area (Å²) in [6.45, 7) is 1.54. The molecule has 0 aromatic heterocycles. The molecule has 1 aliphatic rings. The number of rotatable bonds is 2. The van der Waals surface area contributed by atoms with Crippen molar-refractivity contribution in [1.29, 1.82) is 0 Å². The first-order valence-corrected chi connectivity index (χ1v) is 7.03. The lowest BCUT2D eigenvalue weighted by atomic mass is 10.1. The van der Waals surface area contributed by atoms with Gasteiger partial charge in [-0.05, 0) is 18.2 Å². The number of hydrogen-bond donors (Lipinski definition) is 0. The van der Waals surface area contributed by atoms with Crippen LogP contribution in [0.15, 0.2) is 18.2 Å². The molecule has 0 N–H and O–H groups in total. The minimum atomic E-state index is -0.447. The van der Waals surface area contributed by atoms with Gasteiger partial charge in [0.1, 0.15) is 5.82 Å². The highest BCUT2D eigenvalue weighted by Gasteiger charge is 2.25. The molecule has 1 aromatic rings. The smallest absolute Gasteiger partial charge is 0.255 e. The maximum Gasteiger partial charge on any atom is 0.255 e. The van der Waals surface area contributed by atoms with Crippen LogP contribution in [0.3, 0.4) is 0 Å². The molecule has 1 heterocycles. The van der Waals surface area contributed by atoms with E-state index in [2.05, 4.69) is 15.9 Å². The van der Waals surface area contributed by atoms with E-state index in [1.807, 2.05) is 0 Å². The number of morpholine rings is 1. The third-order valence-electron chi connectivity index (χ3n) is 2.76. The maximum absolute atomic E-state index is 12.9. The van der Waals surface area contributed by atoms with Crippen LogP contribution in [0.1, 0.15) is 10.4 Å². The molecule has 1 saturated heterocycles. The Balaban J connectivity index is 2.15. The molecule has 0 radical (unpaired) electrons. The summed E-state index contributed by atoms with van der Waals surface area (Å²) in [7, 11) is 0. The summed E-state index contributed by atoms with van der Waals surface area (Å²) in [6.07, 6.45) is -0.0121. The van der Waals surface area contributed by atoms with Crippen LogP contribution in [0, 0.1) is 5.82 Å². The normalized spacial score (nSPS) is 19.9. The lowest BCUT2D eigenvalue weighted by molar-refractivity contribution is -0.00964. The molecule has 1 aliphatic heterocycles. The SMILES string of the molecule is O=C(c1ccc(F)cc1Cl)N1CCOC(CBr)C1. The van der Waals surface area contributed by atoms with E-state index in [9.17, 15) is 9.18 Å². The molecule has 0 saturated carbocycles. The molecule has 1 aromatic carbocycles. The van der Waals surface area contributed by atoms with Gasteiger partial charge in [-0.1, -0.05) is 27.5 Å². The molecule has 3 nitrogen and oxygen atoms in total.